The lowest BCUT2D eigenvalue weighted by molar-refractivity contribution is 0.413. The minimum atomic E-state index is 0.599. The van der Waals surface area contributed by atoms with E-state index >= 15 is 0 Å². The van der Waals surface area contributed by atoms with Gasteiger partial charge in [0.05, 0.1) is 24.2 Å². The third-order valence-corrected chi connectivity index (χ3v) is 5.31. The third-order valence-electron chi connectivity index (χ3n) is 5.31. The minimum Gasteiger partial charge on any atom is -0.495 e. The average Bonchev–Trinajstić information content (AvgIpc) is 3.48. The van der Waals surface area contributed by atoms with Gasteiger partial charge in [0.2, 0.25) is 0 Å². The van der Waals surface area contributed by atoms with Crippen LogP contribution in [0.1, 0.15) is 0 Å². The molecule has 0 saturated carbocycles. The number of ether oxygens (including phenoxy) is 1. The molecule has 6 heterocycles. The highest BCUT2D eigenvalue weighted by molar-refractivity contribution is 5.96. The molecule has 32 heavy (non-hydrogen) atoms. The Labute approximate surface area is 181 Å². The van der Waals surface area contributed by atoms with Crippen LogP contribution in [0.25, 0.3) is 56.0 Å². The van der Waals surface area contributed by atoms with E-state index in [-0.39, 0.29) is 0 Å². The maximum Gasteiger partial charge on any atom is 0.181 e. The highest BCUT2D eigenvalue weighted by Crippen LogP contribution is 2.32. The Morgan fingerprint density at radius 3 is 2.56 bits per heavy atom. The summed E-state index contributed by atoms with van der Waals surface area (Å²) in [5, 5.41) is 8.26. The molecule has 2 N–H and O–H groups in total. The summed E-state index contributed by atoms with van der Waals surface area (Å²) >= 11 is 0. The standard InChI is InChI=1S/C23H16N8O/c1-32-16-8-14(10-25-12-16)15-9-18-20(30-31-21(18)27-11-15)23-28-19-17(4-7-26-22(19)29-23)13-2-5-24-6-3-13/h2-12H,1H3,(H,26,28,29)(H,27,30,31). The highest BCUT2D eigenvalue weighted by atomic mass is 16.5. The quantitative estimate of drug-likeness (QED) is 0.442. The number of nitrogens with zero attached hydrogens (tertiary/aromatic N) is 6. The summed E-state index contributed by atoms with van der Waals surface area (Å²) in [4.78, 5) is 25.4. The van der Waals surface area contributed by atoms with Gasteiger partial charge in [-0.05, 0) is 35.9 Å². The Bertz CT molecular complexity index is 1570. The van der Waals surface area contributed by atoms with E-state index in [0.29, 0.717) is 22.9 Å². The Kier molecular flexibility index (Phi) is 4.10. The van der Waals surface area contributed by atoms with Crippen LogP contribution in [0.5, 0.6) is 5.75 Å². The van der Waals surface area contributed by atoms with E-state index in [1.165, 1.54) is 0 Å². The Hall–Kier alpha value is -4.66. The van der Waals surface area contributed by atoms with Gasteiger partial charge in [0.1, 0.15) is 11.4 Å². The van der Waals surface area contributed by atoms with Crippen molar-refractivity contribution in [3.8, 4) is 39.5 Å². The third kappa shape index (κ3) is 2.95. The maximum absolute atomic E-state index is 5.30. The number of methoxy groups -OCH3 is 1. The second-order valence-electron chi connectivity index (χ2n) is 7.19. The van der Waals surface area contributed by atoms with Gasteiger partial charge >= 0.3 is 0 Å². The molecule has 0 atom stereocenters. The van der Waals surface area contributed by atoms with Gasteiger partial charge in [-0.3, -0.25) is 15.1 Å². The first-order valence-electron chi connectivity index (χ1n) is 9.89. The largest absolute Gasteiger partial charge is 0.495 e. The number of nitrogens with one attached hydrogen (secondary N) is 2. The van der Waals surface area contributed by atoms with Gasteiger partial charge in [0.25, 0.3) is 0 Å². The molecule has 154 valence electrons. The summed E-state index contributed by atoms with van der Waals surface area (Å²) in [5.41, 5.74) is 6.64. The molecule has 9 heteroatoms. The lowest BCUT2D eigenvalue weighted by atomic mass is 10.1. The van der Waals surface area contributed by atoms with Crippen molar-refractivity contribution in [3.63, 3.8) is 0 Å². The molecule has 0 aliphatic heterocycles. The van der Waals surface area contributed by atoms with Crippen molar-refractivity contribution in [2.45, 2.75) is 0 Å². The van der Waals surface area contributed by atoms with Crippen molar-refractivity contribution < 1.29 is 4.74 Å². The predicted octanol–water partition coefficient (Wildman–Crippen LogP) is 4.03. The fraction of sp³-hybridized carbons (Fsp3) is 0.0435. The number of aromatic amines is 2. The topological polar surface area (TPSA) is 118 Å². The van der Waals surface area contributed by atoms with E-state index in [0.717, 1.165) is 38.9 Å². The number of aromatic nitrogens is 8. The average molecular weight is 420 g/mol. The van der Waals surface area contributed by atoms with Crippen molar-refractivity contribution in [1.82, 2.24) is 40.1 Å². The van der Waals surface area contributed by atoms with Crippen LogP contribution in [0, 0.1) is 0 Å². The second kappa shape index (κ2) is 7.24. The number of hydrogen-bond acceptors (Lipinski definition) is 7. The van der Waals surface area contributed by atoms with Crippen LogP contribution < -0.4 is 4.74 Å². The maximum atomic E-state index is 5.30. The van der Waals surface area contributed by atoms with Crippen LogP contribution in [0.15, 0.2) is 67.5 Å². The molecular weight excluding hydrogens is 404 g/mol. The van der Waals surface area contributed by atoms with E-state index in [4.69, 9.17) is 9.72 Å². The van der Waals surface area contributed by atoms with Gasteiger partial charge in [-0.15, -0.1) is 0 Å². The summed E-state index contributed by atoms with van der Waals surface area (Å²) in [7, 11) is 1.62. The van der Waals surface area contributed by atoms with Crippen molar-refractivity contribution in [3.05, 3.63) is 67.5 Å². The van der Waals surface area contributed by atoms with E-state index < -0.39 is 0 Å². The Morgan fingerprint density at radius 1 is 0.812 bits per heavy atom. The smallest absolute Gasteiger partial charge is 0.181 e. The molecule has 0 aromatic carbocycles. The molecule has 0 fully saturated rings. The van der Waals surface area contributed by atoms with Crippen molar-refractivity contribution in [2.24, 2.45) is 0 Å². The zero-order valence-corrected chi connectivity index (χ0v) is 16.9. The fourth-order valence-electron chi connectivity index (χ4n) is 3.73. The van der Waals surface area contributed by atoms with Crippen molar-refractivity contribution >= 4 is 22.2 Å². The molecule has 6 aromatic heterocycles. The number of fused-ring (bicyclic) bond motifs is 2. The predicted molar refractivity (Wildman–Crippen MR) is 120 cm³/mol. The number of pyridine rings is 4. The Morgan fingerprint density at radius 2 is 1.69 bits per heavy atom. The van der Waals surface area contributed by atoms with Gasteiger partial charge in [-0.25, -0.2) is 15.0 Å². The second-order valence-corrected chi connectivity index (χ2v) is 7.19. The van der Waals surface area contributed by atoms with E-state index in [1.54, 1.807) is 44.3 Å². The molecule has 6 aromatic rings. The van der Waals surface area contributed by atoms with E-state index in [1.807, 2.05) is 30.3 Å². The first kappa shape index (κ1) is 18.1. The zero-order valence-electron chi connectivity index (χ0n) is 16.9. The summed E-state index contributed by atoms with van der Waals surface area (Å²) in [6.07, 6.45) is 10.5. The molecule has 0 amide bonds. The number of hydrogen-bond donors (Lipinski definition) is 2. The molecule has 0 spiro atoms. The molecule has 0 aliphatic rings. The molecule has 6 rings (SSSR count). The Balaban J connectivity index is 1.50. The van der Waals surface area contributed by atoms with Crippen LogP contribution in [-0.2, 0) is 0 Å². The minimum absolute atomic E-state index is 0.599. The van der Waals surface area contributed by atoms with Crippen molar-refractivity contribution in [1.29, 1.82) is 0 Å². The summed E-state index contributed by atoms with van der Waals surface area (Å²) in [6, 6.07) is 9.81. The summed E-state index contributed by atoms with van der Waals surface area (Å²) in [6.45, 7) is 0. The SMILES string of the molecule is COc1cncc(-c2cnc3n[nH]c(-c4nc5nccc(-c6ccncc6)c5[nH]4)c3c2)c1. The fourth-order valence-corrected chi connectivity index (χ4v) is 3.73. The first-order valence-corrected chi connectivity index (χ1v) is 9.89. The molecular formula is C23H16N8O. The zero-order chi connectivity index (χ0) is 21.5. The molecule has 0 unspecified atom stereocenters. The van der Waals surface area contributed by atoms with Gasteiger partial charge in [-0.1, -0.05) is 0 Å². The van der Waals surface area contributed by atoms with Crippen LogP contribution in [0.4, 0.5) is 0 Å². The number of H-pyrrole nitrogens is 2. The van der Waals surface area contributed by atoms with Gasteiger partial charge in [0, 0.05) is 47.7 Å². The van der Waals surface area contributed by atoms with E-state index in [2.05, 4.69) is 35.1 Å². The summed E-state index contributed by atoms with van der Waals surface area (Å²) < 4.78 is 5.30. The number of imidazole rings is 1. The molecule has 0 aliphatic carbocycles. The van der Waals surface area contributed by atoms with Crippen LogP contribution in [-0.4, -0.2) is 47.2 Å². The molecule has 9 nitrogen and oxygen atoms in total. The van der Waals surface area contributed by atoms with E-state index in [9.17, 15) is 0 Å². The molecule has 0 bridgehead atoms. The lowest BCUT2D eigenvalue weighted by Gasteiger charge is -2.04. The molecule has 0 saturated heterocycles. The van der Waals surface area contributed by atoms with Crippen LogP contribution in [0.3, 0.4) is 0 Å². The van der Waals surface area contributed by atoms with Crippen molar-refractivity contribution in [2.75, 3.05) is 7.11 Å². The normalized spacial score (nSPS) is 11.3. The van der Waals surface area contributed by atoms with Crippen LogP contribution >= 0.6 is 0 Å². The summed E-state index contributed by atoms with van der Waals surface area (Å²) in [5.74, 6) is 1.32. The highest BCUT2D eigenvalue weighted by Gasteiger charge is 2.16. The first-order chi connectivity index (χ1) is 15.8. The van der Waals surface area contributed by atoms with Gasteiger partial charge < -0.3 is 9.72 Å². The van der Waals surface area contributed by atoms with Gasteiger partial charge in [0.15, 0.2) is 17.1 Å². The number of rotatable bonds is 4. The van der Waals surface area contributed by atoms with Crippen LogP contribution in [0.2, 0.25) is 0 Å². The lowest BCUT2D eigenvalue weighted by Crippen LogP contribution is -1.88. The monoisotopic (exact) mass is 420 g/mol. The molecule has 0 radical (unpaired) electrons. The van der Waals surface area contributed by atoms with Gasteiger partial charge in [-0.2, -0.15) is 5.10 Å².